The van der Waals surface area contributed by atoms with E-state index in [1.54, 1.807) is 0 Å². The first-order chi connectivity index (χ1) is 4.34. The molecule has 0 aromatic rings. The van der Waals surface area contributed by atoms with Crippen LogP contribution in [0, 0.1) is 0 Å². The first kappa shape index (κ1) is 6.78. The van der Waals surface area contributed by atoms with Gasteiger partial charge in [-0.05, 0) is 25.0 Å². The summed E-state index contributed by atoms with van der Waals surface area (Å²) in [5, 5.41) is 0. The lowest BCUT2D eigenvalue weighted by Gasteiger charge is -2.07. The maximum atomic E-state index is 5.35. The molecule has 2 N–H and O–H groups in total. The van der Waals surface area contributed by atoms with E-state index in [0.717, 1.165) is 19.4 Å². The predicted molar refractivity (Wildman–Crippen MR) is 37.2 cm³/mol. The number of hydrogen-bond donors (Lipinski definition) is 1. The number of ether oxygens (including phenoxy) is 1. The fourth-order valence-corrected chi connectivity index (χ4v) is 1.05. The lowest BCUT2D eigenvalue weighted by atomic mass is 10.1. The van der Waals surface area contributed by atoms with Gasteiger partial charge in [-0.15, -0.1) is 0 Å². The zero-order valence-electron chi connectivity index (χ0n) is 5.60. The molecule has 1 saturated heterocycles. The van der Waals surface area contributed by atoms with Crippen LogP contribution in [-0.4, -0.2) is 19.3 Å². The van der Waals surface area contributed by atoms with Crippen molar-refractivity contribution in [2.75, 3.05) is 13.2 Å². The summed E-state index contributed by atoms with van der Waals surface area (Å²) in [6.07, 6.45) is 2.21. The van der Waals surface area contributed by atoms with Gasteiger partial charge < -0.3 is 10.5 Å². The summed E-state index contributed by atoms with van der Waals surface area (Å²) >= 11 is 0. The van der Waals surface area contributed by atoms with Crippen LogP contribution in [0.2, 0.25) is 0 Å². The van der Waals surface area contributed by atoms with Crippen molar-refractivity contribution in [2.45, 2.75) is 18.9 Å². The average molecular weight is 127 g/mol. The topological polar surface area (TPSA) is 35.2 Å². The van der Waals surface area contributed by atoms with Crippen LogP contribution in [0.5, 0.6) is 0 Å². The molecule has 1 atom stereocenters. The van der Waals surface area contributed by atoms with Crippen molar-refractivity contribution < 1.29 is 4.74 Å². The van der Waals surface area contributed by atoms with Gasteiger partial charge in [0.15, 0.2) is 0 Å². The minimum absolute atomic E-state index is 0.259. The largest absolute Gasteiger partial charge is 0.373 e. The van der Waals surface area contributed by atoms with Crippen molar-refractivity contribution >= 4 is 0 Å². The van der Waals surface area contributed by atoms with E-state index >= 15 is 0 Å². The van der Waals surface area contributed by atoms with Crippen molar-refractivity contribution in [3.63, 3.8) is 0 Å². The van der Waals surface area contributed by atoms with Crippen molar-refractivity contribution in [3.8, 4) is 0 Å². The highest BCUT2D eigenvalue weighted by Gasteiger charge is 2.17. The maximum Gasteiger partial charge on any atom is 0.0795 e. The van der Waals surface area contributed by atoms with E-state index in [-0.39, 0.29) is 6.10 Å². The SMILES string of the molecule is C=C1CCOC1CCN. The zero-order valence-corrected chi connectivity index (χ0v) is 5.60. The average Bonchev–Trinajstić information content (AvgIpc) is 2.18. The Bertz CT molecular complexity index is 111. The van der Waals surface area contributed by atoms with E-state index in [9.17, 15) is 0 Å². The lowest BCUT2D eigenvalue weighted by Crippen LogP contribution is -2.13. The fraction of sp³-hybridized carbons (Fsp3) is 0.714. The zero-order chi connectivity index (χ0) is 6.69. The Balaban J connectivity index is 2.31. The Labute approximate surface area is 55.7 Å². The van der Waals surface area contributed by atoms with E-state index in [1.165, 1.54) is 5.57 Å². The molecule has 1 fully saturated rings. The molecule has 9 heavy (non-hydrogen) atoms. The van der Waals surface area contributed by atoms with Gasteiger partial charge in [-0.3, -0.25) is 0 Å². The highest BCUT2D eigenvalue weighted by molar-refractivity contribution is 5.06. The van der Waals surface area contributed by atoms with Crippen LogP contribution < -0.4 is 5.73 Å². The molecule has 1 rings (SSSR count). The van der Waals surface area contributed by atoms with E-state index in [1.807, 2.05) is 0 Å². The third-order valence-corrected chi connectivity index (χ3v) is 1.63. The number of rotatable bonds is 2. The van der Waals surface area contributed by atoms with E-state index in [0.29, 0.717) is 6.54 Å². The second kappa shape index (κ2) is 2.99. The summed E-state index contributed by atoms with van der Waals surface area (Å²) in [6, 6.07) is 0. The Hall–Kier alpha value is -0.340. The molecular weight excluding hydrogens is 114 g/mol. The monoisotopic (exact) mass is 127 g/mol. The van der Waals surface area contributed by atoms with E-state index in [2.05, 4.69) is 6.58 Å². The summed E-state index contributed by atoms with van der Waals surface area (Å²) in [5.74, 6) is 0. The third kappa shape index (κ3) is 1.53. The summed E-state index contributed by atoms with van der Waals surface area (Å²) in [5.41, 5.74) is 6.56. The minimum atomic E-state index is 0.259. The van der Waals surface area contributed by atoms with Gasteiger partial charge >= 0.3 is 0 Å². The normalized spacial score (nSPS) is 27.2. The second-order valence-electron chi connectivity index (χ2n) is 2.35. The molecule has 0 spiro atoms. The van der Waals surface area contributed by atoms with Crippen LogP contribution >= 0.6 is 0 Å². The van der Waals surface area contributed by atoms with Crippen LogP contribution in [0.25, 0.3) is 0 Å². The van der Waals surface area contributed by atoms with Crippen LogP contribution in [0.3, 0.4) is 0 Å². The van der Waals surface area contributed by atoms with Gasteiger partial charge in [0.2, 0.25) is 0 Å². The Morgan fingerprint density at radius 3 is 3.00 bits per heavy atom. The molecular formula is C7H13NO. The summed E-state index contributed by atoms with van der Waals surface area (Å²) in [7, 11) is 0. The van der Waals surface area contributed by atoms with Gasteiger partial charge in [-0.1, -0.05) is 6.58 Å². The third-order valence-electron chi connectivity index (χ3n) is 1.63. The molecule has 0 aromatic heterocycles. The molecule has 2 heteroatoms. The first-order valence-corrected chi connectivity index (χ1v) is 3.34. The highest BCUT2D eigenvalue weighted by atomic mass is 16.5. The minimum Gasteiger partial charge on any atom is -0.373 e. The molecule has 1 unspecified atom stereocenters. The standard InChI is InChI=1S/C7H13NO/c1-6-3-5-9-7(6)2-4-8/h7H,1-5,8H2. The quantitative estimate of drug-likeness (QED) is 0.554. The van der Waals surface area contributed by atoms with Gasteiger partial charge in [0.1, 0.15) is 0 Å². The van der Waals surface area contributed by atoms with Gasteiger partial charge in [0, 0.05) is 0 Å². The first-order valence-electron chi connectivity index (χ1n) is 3.34. The molecule has 2 nitrogen and oxygen atoms in total. The predicted octanol–water partition coefficient (Wildman–Crippen LogP) is 0.680. The van der Waals surface area contributed by atoms with Crippen molar-refractivity contribution in [1.82, 2.24) is 0 Å². The van der Waals surface area contributed by atoms with Gasteiger partial charge in [-0.2, -0.15) is 0 Å². The molecule has 1 heterocycles. The molecule has 52 valence electrons. The maximum absolute atomic E-state index is 5.35. The van der Waals surface area contributed by atoms with Gasteiger partial charge in [0.25, 0.3) is 0 Å². The molecule has 1 aliphatic heterocycles. The highest BCUT2D eigenvalue weighted by Crippen LogP contribution is 2.19. The van der Waals surface area contributed by atoms with Gasteiger partial charge in [0.05, 0.1) is 12.7 Å². The lowest BCUT2D eigenvalue weighted by molar-refractivity contribution is 0.120. The smallest absolute Gasteiger partial charge is 0.0795 e. The summed E-state index contributed by atoms with van der Waals surface area (Å²) in [4.78, 5) is 0. The summed E-state index contributed by atoms with van der Waals surface area (Å²) in [6.45, 7) is 5.41. The fourth-order valence-electron chi connectivity index (χ4n) is 1.05. The molecule has 1 aliphatic rings. The summed E-state index contributed by atoms with van der Waals surface area (Å²) < 4.78 is 5.33. The van der Waals surface area contributed by atoms with Crippen LogP contribution in [0.1, 0.15) is 12.8 Å². The molecule has 0 aromatic carbocycles. The number of nitrogens with two attached hydrogens (primary N) is 1. The van der Waals surface area contributed by atoms with Crippen molar-refractivity contribution in [2.24, 2.45) is 5.73 Å². The van der Waals surface area contributed by atoms with Crippen LogP contribution in [0.15, 0.2) is 12.2 Å². The van der Waals surface area contributed by atoms with Crippen molar-refractivity contribution in [3.05, 3.63) is 12.2 Å². The van der Waals surface area contributed by atoms with Gasteiger partial charge in [-0.25, -0.2) is 0 Å². The molecule has 0 saturated carbocycles. The van der Waals surface area contributed by atoms with E-state index in [4.69, 9.17) is 10.5 Å². The van der Waals surface area contributed by atoms with Crippen molar-refractivity contribution in [1.29, 1.82) is 0 Å². The van der Waals surface area contributed by atoms with Crippen LogP contribution in [0.4, 0.5) is 0 Å². The number of hydrogen-bond acceptors (Lipinski definition) is 2. The Morgan fingerprint density at radius 1 is 1.78 bits per heavy atom. The molecule has 0 bridgehead atoms. The van der Waals surface area contributed by atoms with E-state index < -0.39 is 0 Å². The molecule has 0 amide bonds. The Morgan fingerprint density at radius 2 is 2.56 bits per heavy atom. The van der Waals surface area contributed by atoms with Crippen LogP contribution in [-0.2, 0) is 4.74 Å². The Kier molecular flexibility index (Phi) is 2.25. The second-order valence-corrected chi connectivity index (χ2v) is 2.35. The molecule has 0 radical (unpaired) electrons. The molecule has 0 aliphatic carbocycles.